The van der Waals surface area contributed by atoms with Gasteiger partial charge in [0.15, 0.2) is 6.61 Å². The summed E-state index contributed by atoms with van der Waals surface area (Å²) in [6.45, 7) is 2.08. The van der Waals surface area contributed by atoms with E-state index in [0.717, 1.165) is 0 Å². The number of anilines is 3. The van der Waals surface area contributed by atoms with Crippen LogP contribution in [0.15, 0.2) is 12.1 Å². The molecule has 20 heavy (non-hydrogen) atoms. The molecule has 0 radical (unpaired) electrons. The average molecular weight is 300 g/mol. The second kappa shape index (κ2) is 5.55. The predicted molar refractivity (Wildman–Crippen MR) is 75.8 cm³/mol. The summed E-state index contributed by atoms with van der Waals surface area (Å²) in [5, 5.41) is 2.58. The second-order valence-corrected chi connectivity index (χ2v) is 5.77. The predicted octanol–water partition coefficient (Wildman–Crippen LogP) is 0.256. The molecule has 5 N–H and O–H groups in total. The normalized spacial score (nSPS) is 14.2. The number of benzene rings is 1. The first-order valence-corrected chi connectivity index (χ1v) is 7.53. The van der Waals surface area contributed by atoms with Crippen LogP contribution in [-0.2, 0) is 15.0 Å². The Kier molecular flexibility index (Phi) is 4.00. The van der Waals surface area contributed by atoms with Gasteiger partial charge in [-0.15, -0.1) is 0 Å². The Hall–Kier alpha value is -2.00. The molecule has 8 nitrogen and oxygen atoms in total. The van der Waals surface area contributed by atoms with Crippen LogP contribution < -0.4 is 25.2 Å². The first-order valence-electron chi connectivity index (χ1n) is 6.05. The molecule has 1 heterocycles. The van der Waals surface area contributed by atoms with Crippen LogP contribution in [0.4, 0.5) is 17.1 Å². The van der Waals surface area contributed by atoms with Gasteiger partial charge in [0.05, 0.1) is 17.1 Å². The van der Waals surface area contributed by atoms with Crippen molar-refractivity contribution in [3.63, 3.8) is 0 Å². The van der Waals surface area contributed by atoms with Crippen LogP contribution in [0.2, 0.25) is 0 Å². The average Bonchev–Trinajstić information content (AvgIpc) is 2.37. The molecule has 0 aliphatic carbocycles. The molecule has 0 saturated carbocycles. The van der Waals surface area contributed by atoms with Crippen molar-refractivity contribution in [1.29, 1.82) is 0 Å². The lowest BCUT2D eigenvalue weighted by molar-refractivity contribution is -0.118. The molecule has 0 atom stereocenters. The molecule has 1 amide bonds. The van der Waals surface area contributed by atoms with Crippen molar-refractivity contribution in [2.45, 2.75) is 13.3 Å². The van der Waals surface area contributed by atoms with Gasteiger partial charge in [-0.25, -0.2) is 0 Å². The van der Waals surface area contributed by atoms with E-state index in [9.17, 15) is 13.2 Å². The van der Waals surface area contributed by atoms with Crippen molar-refractivity contribution in [2.24, 2.45) is 0 Å². The smallest absolute Gasteiger partial charge is 0.299 e. The number of nitrogens with one attached hydrogen (secondary N) is 3. The van der Waals surface area contributed by atoms with Gasteiger partial charge in [-0.05, 0) is 12.5 Å². The fraction of sp³-hybridized carbons (Fsp3) is 0.364. The minimum atomic E-state index is -3.69. The molecule has 0 bridgehead atoms. The molecule has 0 fully saturated rings. The Morgan fingerprint density at radius 3 is 2.90 bits per heavy atom. The Balaban J connectivity index is 2.24. The molecule has 9 heteroatoms. The van der Waals surface area contributed by atoms with Crippen LogP contribution in [0, 0.1) is 0 Å². The maximum absolute atomic E-state index is 11.7. The van der Waals surface area contributed by atoms with E-state index in [1.165, 1.54) is 12.1 Å². The molecule has 1 aromatic carbocycles. The highest BCUT2D eigenvalue weighted by Crippen LogP contribution is 2.35. The van der Waals surface area contributed by atoms with E-state index in [1.807, 2.05) is 6.92 Å². The minimum Gasteiger partial charge on any atom is -0.482 e. The molecule has 0 aromatic heterocycles. The largest absolute Gasteiger partial charge is 0.482 e. The van der Waals surface area contributed by atoms with Crippen molar-refractivity contribution >= 4 is 33.2 Å². The first kappa shape index (κ1) is 14.4. The summed E-state index contributed by atoms with van der Waals surface area (Å²) < 4.78 is 33.4. The maximum atomic E-state index is 11.7. The quantitative estimate of drug-likeness (QED) is 0.581. The van der Waals surface area contributed by atoms with Crippen LogP contribution in [0.25, 0.3) is 0 Å². The number of hydrogen-bond donors (Lipinski definition) is 4. The number of carbonyl (C=O) groups excluding carboxylic acids is 1. The summed E-state index contributed by atoms with van der Waals surface area (Å²) in [5.74, 6) is 0.103. The van der Waals surface area contributed by atoms with Crippen molar-refractivity contribution < 1.29 is 17.9 Å². The van der Waals surface area contributed by atoms with Gasteiger partial charge in [-0.2, -0.15) is 13.1 Å². The van der Waals surface area contributed by atoms with Crippen molar-refractivity contribution in [1.82, 2.24) is 4.72 Å². The number of nitrogen functional groups attached to an aromatic ring is 1. The number of carbonyl (C=O) groups is 1. The van der Waals surface area contributed by atoms with Crippen molar-refractivity contribution in [3.05, 3.63) is 12.1 Å². The summed E-state index contributed by atoms with van der Waals surface area (Å²) >= 11 is 0. The van der Waals surface area contributed by atoms with E-state index < -0.39 is 10.2 Å². The van der Waals surface area contributed by atoms with Gasteiger partial charge in [0.25, 0.3) is 16.1 Å². The molecule has 0 unspecified atom stereocenters. The zero-order valence-corrected chi connectivity index (χ0v) is 11.7. The van der Waals surface area contributed by atoms with Crippen molar-refractivity contribution in [3.8, 4) is 5.75 Å². The summed E-state index contributed by atoms with van der Waals surface area (Å²) in [7, 11) is -3.69. The van der Waals surface area contributed by atoms with Gasteiger partial charge in [-0.3, -0.25) is 9.52 Å². The molecule has 2 rings (SSSR count). The van der Waals surface area contributed by atoms with Crippen LogP contribution in [0.1, 0.15) is 13.3 Å². The topological polar surface area (TPSA) is 123 Å². The number of ether oxygens (including phenoxy) is 1. The van der Waals surface area contributed by atoms with E-state index in [-0.39, 0.29) is 23.9 Å². The Morgan fingerprint density at radius 2 is 2.20 bits per heavy atom. The van der Waals surface area contributed by atoms with E-state index in [2.05, 4.69) is 14.8 Å². The van der Waals surface area contributed by atoms with E-state index >= 15 is 0 Å². The highest BCUT2D eigenvalue weighted by molar-refractivity contribution is 7.90. The van der Waals surface area contributed by atoms with E-state index in [4.69, 9.17) is 10.5 Å². The van der Waals surface area contributed by atoms with Gasteiger partial charge in [0.1, 0.15) is 5.75 Å². The standard InChI is InChI=1S/C11H16N4O4S/c1-2-3-13-20(17,18)15-8-5-9-10(4-7(8)12)19-6-11(16)14-9/h4-5,13,15H,2-3,6,12H2,1H3,(H,14,16). The highest BCUT2D eigenvalue weighted by Gasteiger charge is 2.19. The lowest BCUT2D eigenvalue weighted by atomic mass is 10.2. The zero-order chi connectivity index (χ0) is 14.8. The molecule has 1 aliphatic rings. The fourth-order valence-electron chi connectivity index (χ4n) is 1.65. The van der Waals surface area contributed by atoms with Gasteiger partial charge in [0.2, 0.25) is 0 Å². The van der Waals surface area contributed by atoms with Gasteiger partial charge >= 0.3 is 0 Å². The second-order valence-electron chi connectivity index (χ2n) is 4.27. The van der Waals surface area contributed by atoms with Crippen LogP contribution in [-0.4, -0.2) is 27.5 Å². The van der Waals surface area contributed by atoms with Gasteiger partial charge < -0.3 is 15.8 Å². The number of nitrogens with two attached hydrogens (primary N) is 1. The minimum absolute atomic E-state index is 0.0877. The van der Waals surface area contributed by atoms with Gasteiger partial charge in [0, 0.05) is 12.6 Å². The molecule has 110 valence electrons. The monoisotopic (exact) mass is 300 g/mol. The lowest BCUT2D eigenvalue weighted by Crippen LogP contribution is -2.31. The lowest BCUT2D eigenvalue weighted by Gasteiger charge is -2.20. The molecular formula is C11H16N4O4S. The Morgan fingerprint density at radius 1 is 1.45 bits per heavy atom. The Labute approximate surface area is 116 Å². The summed E-state index contributed by atoms with van der Waals surface area (Å²) in [6.07, 6.45) is 0.671. The zero-order valence-electron chi connectivity index (χ0n) is 10.9. The number of hydrogen-bond acceptors (Lipinski definition) is 5. The molecule has 1 aliphatic heterocycles. The number of fused-ring (bicyclic) bond motifs is 1. The number of amides is 1. The van der Waals surface area contributed by atoms with Crippen LogP contribution in [0.5, 0.6) is 5.75 Å². The highest BCUT2D eigenvalue weighted by atomic mass is 32.2. The molecular weight excluding hydrogens is 284 g/mol. The third kappa shape index (κ3) is 3.31. The van der Waals surface area contributed by atoms with Crippen LogP contribution >= 0.6 is 0 Å². The molecule has 0 saturated heterocycles. The van der Waals surface area contributed by atoms with Crippen molar-refractivity contribution in [2.75, 3.05) is 28.9 Å². The summed E-state index contributed by atoms with van der Waals surface area (Å²) in [6, 6.07) is 2.89. The maximum Gasteiger partial charge on any atom is 0.299 e. The Bertz CT molecular complexity index is 630. The third-order valence-electron chi connectivity index (χ3n) is 2.57. The van der Waals surface area contributed by atoms with E-state index in [1.54, 1.807) is 0 Å². The van der Waals surface area contributed by atoms with Crippen LogP contribution in [0.3, 0.4) is 0 Å². The number of rotatable bonds is 5. The molecule has 0 spiro atoms. The SMILES string of the molecule is CCCNS(=O)(=O)Nc1cc2c(cc1N)OCC(=O)N2. The van der Waals surface area contributed by atoms with E-state index in [0.29, 0.717) is 24.4 Å². The summed E-state index contributed by atoms with van der Waals surface area (Å²) in [5.41, 5.74) is 6.53. The third-order valence-corrected chi connectivity index (χ3v) is 3.64. The molecule has 1 aromatic rings. The first-order chi connectivity index (χ1) is 9.41. The summed E-state index contributed by atoms with van der Waals surface area (Å²) in [4.78, 5) is 11.2. The fourth-order valence-corrected chi connectivity index (χ4v) is 2.66. The van der Waals surface area contributed by atoms with Gasteiger partial charge in [-0.1, -0.05) is 6.92 Å².